The maximum Gasteiger partial charge on any atom is 0.257 e. The molecule has 4 aromatic rings. The maximum absolute atomic E-state index is 13.3. The van der Waals surface area contributed by atoms with E-state index < -0.39 is 5.82 Å². The number of para-hydroxylation sites is 1. The van der Waals surface area contributed by atoms with Crippen LogP contribution in [0.2, 0.25) is 0 Å². The minimum atomic E-state index is -0.400. The summed E-state index contributed by atoms with van der Waals surface area (Å²) in [6.07, 6.45) is 2.00. The van der Waals surface area contributed by atoms with E-state index in [9.17, 15) is 9.18 Å². The predicted octanol–water partition coefficient (Wildman–Crippen LogP) is 4.70. The van der Waals surface area contributed by atoms with Crippen LogP contribution in [0.15, 0.2) is 79.0 Å². The molecule has 0 bridgehead atoms. The fraction of sp³-hybridized carbons (Fsp3) is 0.192. The van der Waals surface area contributed by atoms with Crippen molar-refractivity contribution in [3.8, 4) is 5.75 Å². The average molecular weight is 432 g/mol. The number of carbonyl (C=O) groups excluding carboxylic acids is 1. The molecule has 1 amide bonds. The number of aromatic amines is 1. The fourth-order valence-corrected chi connectivity index (χ4v) is 3.77. The van der Waals surface area contributed by atoms with Crippen molar-refractivity contribution >= 4 is 22.5 Å². The van der Waals surface area contributed by atoms with Gasteiger partial charge in [-0.3, -0.25) is 4.79 Å². The highest BCUT2D eigenvalue weighted by atomic mass is 19.1. The van der Waals surface area contributed by atoms with Gasteiger partial charge in [0.25, 0.3) is 5.91 Å². The van der Waals surface area contributed by atoms with Gasteiger partial charge in [0.2, 0.25) is 0 Å². The Morgan fingerprint density at radius 2 is 1.84 bits per heavy atom. The van der Waals surface area contributed by atoms with Crippen LogP contribution in [0.5, 0.6) is 5.75 Å². The van der Waals surface area contributed by atoms with Crippen molar-refractivity contribution in [2.75, 3.05) is 32.1 Å². The van der Waals surface area contributed by atoms with Crippen LogP contribution in [0.4, 0.5) is 10.1 Å². The summed E-state index contributed by atoms with van der Waals surface area (Å²) < 4.78 is 18.7. The SMILES string of the molecule is CN(C)c1ccc(C(CNC(=O)COc2cccc(F)c2)c2c[nH]c3ccccc23)cc1. The van der Waals surface area contributed by atoms with Gasteiger partial charge in [0.15, 0.2) is 6.61 Å². The molecule has 0 saturated heterocycles. The molecule has 0 saturated carbocycles. The lowest BCUT2D eigenvalue weighted by Crippen LogP contribution is -2.32. The zero-order chi connectivity index (χ0) is 22.5. The first-order valence-corrected chi connectivity index (χ1v) is 10.5. The number of nitrogens with zero attached hydrogens (tertiary/aromatic N) is 1. The summed E-state index contributed by atoms with van der Waals surface area (Å²) in [5.74, 6) is -0.374. The molecule has 1 aromatic heterocycles. The summed E-state index contributed by atoms with van der Waals surface area (Å²) in [6.45, 7) is 0.234. The summed E-state index contributed by atoms with van der Waals surface area (Å²) in [4.78, 5) is 17.8. The zero-order valence-electron chi connectivity index (χ0n) is 18.1. The lowest BCUT2D eigenvalue weighted by atomic mass is 9.90. The van der Waals surface area contributed by atoms with Crippen molar-refractivity contribution in [1.29, 1.82) is 0 Å². The Morgan fingerprint density at radius 1 is 1.06 bits per heavy atom. The van der Waals surface area contributed by atoms with Crippen LogP contribution in [0, 0.1) is 5.82 Å². The predicted molar refractivity (Wildman–Crippen MR) is 126 cm³/mol. The van der Waals surface area contributed by atoms with Gasteiger partial charge in [-0.15, -0.1) is 0 Å². The van der Waals surface area contributed by atoms with E-state index in [0.717, 1.165) is 27.7 Å². The maximum atomic E-state index is 13.3. The van der Waals surface area contributed by atoms with Crippen molar-refractivity contribution < 1.29 is 13.9 Å². The molecule has 32 heavy (non-hydrogen) atoms. The van der Waals surface area contributed by atoms with E-state index in [1.165, 1.54) is 12.1 Å². The topological polar surface area (TPSA) is 57.4 Å². The summed E-state index contributed by atoms with van der Waals surface area (Å²) in [5.41, 5.74) is 4.38. The van der Waals surface area contributed by atoms with Gasteiger partial charge in [-0.25, -0.2) is 4.39 Å². The second kappa shape index (κ2) is 9.56. The molecule has 1 atom stereocenters. The molecule has 164 valence electrons. The third-order valence-corrected chi connectivity index (χ3v) is 5.48. The van der Waals surface area contributed by atoms with Crippen LogP contribution in [0.1, 0.15) is 17.0 Å². The largest absolute Gasteiger partial charge is 0.484 e. The van der Waals surface area contributed by atoms with Gasteiger partial charge in [-0.05, 0) is 41.5 Å². The molecule has 5 nitrogen and oxygen atoms in total. The van der Waals surface area contributed by atoms with Crippen molar-refractivity contribution in [1.82, 2.24) is 10.3 Å². The van der Waals surface area contributed by atoms with Crippen LogP contribution >= 0.6 is 0 Å². The third kappa shape index (κ3) is 4.91. The number of hydrogen-bond donors (Lipinski definition) is 2. The van der Waals surface area contributed by atoms with E-state index in [0.29, 0.717) is 12.3 Å². The Labute approximate surface area is 186 Å². The first kappa shape index (κ1) is 21.4. The highest BCUT2D eigenvalue weighted by molar-refractivity contribution is 5.84. The fourth-order valence-electron chi connectivity index (χ4n) is 3.77. The van der Waals surface area contributed by atoms with Gasteiger partial charge in [0.1, 0.15) is 11.6 Å². The number of hydrogen-bond acceptors (Lipinski definition) is 3. The number of ether oxygens (including phenoxy) is 1. The van der Waals surface area contributed by atoms with Gasteiger partial charge >= 0.3 is 0 Å². The van der Waals surface area contributed by atoms with Crippen LogP contribution in [-0.2, 0) is 4.79 Å². The number of amides is 1. The monoisotopic (exact) mass is 431 g/mol. The van der Waals surface area contributed by atoms with Crippen molar-refractivity contribution in [3.05, 3.63) is 95.9 Å². The minimum Gasteiger partial charge on any atom is -0.484 e. The van der Waals surface area contributed by atoms with Gasteiger partial charge in [-0.2, -0.15) is 0 Å². The molecule has 1 heterocycles. The van der Waals surface area contributed by atoms with E-state index in [1.807, 2.05) is 38.5 Å². The zero-order valence-corrected chi connectivity index (χ0v) is 18.1. The Bertz CT molecular complexity index is 1200. The normalized spacial score (nSPS) is 11.8. The number of fused-ring (bicyclic) bond motifs is 1. The standard InChI is InChI=1S/C26H26FN3O2/c1-30(2)20-12-10-18(11-13-20)23(24-16-28-25-9-4-3-8-22(24)25)15-29-26(31)17-32-21-7-5-6-19(27)14-21/h3-14,16,23,28H,15,17H2,1-2H3,(H,29,31). The number of H-pyrrole nitrogens is 1. The lowest BCUT2D eigenvalue weighted by molar-refractivity contribution is -0.123. The third-order valence-electron chi connectivity index (χ3n) is 5.48. The molecule has 6 heteroatoms. The number of anilines is 1. The van der Waals surface area contributed by atoms with Gasteiger partial charge in [-0.1, -0.05) is 36.4 Å². The Balaban J connectivity index is 1.52. The van der Waals surface area contributed by atoms with Gasteiger partial charge in [0, 0.05) is 55.4 Å². The van der Waals surface area contributed by atoms with Crippen LogP contribution in [0.25, 0.3) is 10.9 Å². The second-order valence-corrected chi connectivity index (χ2v) is 7.88. The molecule has 3 aromatic carbocycles. The van der Waals surface area contributed by atoms with E-state index >= 15 is 0 Å². The molecule has 0 aliphatic rings. The van der Waals surface area contributed by atoms with Crippen LogP contribution in [-0.4, -0.2) is 38.1 Å². The lowest BCUT2D eigenvalue weighted by Gasteiger charge is -2.20. The molecule has 0 radical (unpaired) electrons. The number of carbonyl (C=O) groups is 1. The Morgan fingerprint density at radius 3 is 2.59 bits per heavy atom. The molecule has 0 aliphatic carbocycles. The molecule has 4 rings (SSSR count). The van der Waals surface area contributed by atoms with Crippen molar-refractivity contribution in [3.63, 3.8) is 0 Å². The molecule has 1 unspecified atom stereocenters. The number of halogens is 1. The second-order valence-electron chi connectivity index (χ2n) is 7.88. The highest BCUT2D eigenvalue weighted by Crippen LogP contribution is 2.31. The number of nitrogens with one attached hydrogen (secondary N) is 2. The van der Waals surface area contributed by atoms with Gasteiger partial charge < -0.3 is 19.9 Å². The quantitative estimate of drug-likeness (QED) is 0.425. The molecular formula is C26H26FN3O2. The summed E-state index contributed by atoms with van der Waals surface area (Å²) in [7, 11) is 4.01. The molecule has 0 aliphatic heterocycles. The smallest absolute Gasteiger partial charge is 0.257 e. The number of benzene rings is 3. The van der Waals surface area contributed by atoms with E-state index in [-0.39, 0.29) is 18.4 Å². The summed E-state index contributed by atoms with van der Waals surface area (Å²) >= 11 is 0. The summed E-state index contributed by atoms with van der Waals surface area (Å²) in [5, 5.41) is 4.10. The molecule has 2 N–H and O–H groups in total. The molecule has 0 spiro atoms. The Kier molecular flexibility index (Phi) is 6.40. The molecular weight excluding hydrogens is 405 g/mol. The van der Waals surface area contributed by atoms with Crippen LogP contribution < -0.4 is 15.0 Å². The van der Waals surface area contributed by atoms with Gasteiger partial charge in [0.05, 0.1) is 0 Å². The van der Waals surface area contributed by atoms with Crippen LogP contribution in [0.3, 0.4) is 0 Å². The number of rotatable bonds is 8. The van der Waals surface area contributed by atoms with Crippen molar-refractivity contribution in [2.45, 2.75) is 5.92 Å². The first-order chi connectivity index (χ1) is 15.5. The summed E-state index contributed by atoms with van der Waals surface area (Å²) in [6, 6.07) is 22.2. The first-order valence-electron chi connectivity index (χ1n) is 10.5. The van der Waals surface area contributed by atoms with E-state index in [1.54, 1.807) is 12.1 Å². The number of aromatic nitrogens is 1. The highest BCUT2D eigenvalue weighted by Gasteiger charge is 2.19. The van der Waals surface area contributed by atoms with Crippen molar-refractivity contribution in [2.24, 2.45) is 0 Å². The van der Waals surface area contributed by atoms with E-state index in [4.69, 9.17) is 4.74 Å². The Hall–Kier alpha value is -3.80. The minimum absolute atomic E-state index is 0.0412. The average Bonchev–Trinajstić information content (AvgIpc) is 3.22. The molecule has 0 fully saturated rings. The van der Waals surface area contributed by atoms with E-state index in [2.05, 4.69) is 45.5 Å².